The molecule has 0 amide bonds. The Balaban J connectivity index is 1.40. The van der Waals surface area contributed by atoms with Crippen LogP contribution >= 0.6 is 0 Å². The molecular formula is C19H25N5. The van der Waals surface area contributed by atoms with Gasteiger partial charge in [0.15, 0.2) is 0 Å². The fraction of sp³-hybridized carbons (Fsp3) is 0.474. The molecule has 2 aliphatic rings. The normalized spacial score (nSPS) is 21.2. The number of nitrogens with zero attached hydrogens (tertiary/aromatic N) is 3. The van der Waals surface area contributed by atoms with E-state index in [0.29, 0.717) is 6.04 Å². The number of nitrogens with one attached hydrogen (secondary N) is 2. The quantitative estimate of drug-likeness (QED) is 0.899. The molecular weight excluding hydrogens is 298 g/mol. The first kappa shape index (κ1) is 15.5. The van der Waals surface area contributed by atoms with Gasteiger partial charge in [0, 0.05) is 44.2 Å². The van der Waals surface area contributed by atoms with Gasteiger partial charge in [-0.1, -0.05) is 30.3 Å². The monoisotopic (exact) mass is 323 g/mol. The minimum Gasteiger partial charge on any atom is -0.366 e. The maximum Gasteiger partial charge on any atom is 0.133 e. The molecule has 24 heavy (non-hydrogen) atoms. The molecule has 1 aromatic heterocycles. The molecule has 0 bridgehead atoms. The zero-order valence-corrected chi connectivity index (χ0v) is 14.0. The summed E-state index contributed by atoms with van der Waals surface area (Å²) in [6.45, 7) is 5.27. The number of fused-ring (bicyclic) bond motifs is 1. The smallest absolute Gasteiger partial charge is 0.133 e. The minimum absolute atomic E-state index is 0.476. The summed E-state index contributed by atoms with van der Waals surface area (Å²) in [5.41, 5.74) is 3.90. The molecule has 0 spiro atoms. The molecule has 2 N–H and O–H groups in total. The summed E-state index contributed by atoms with van der Waals surface area (Å²) in [6, 6.07) is 11.2. The van der Waals surface area contributed by atoms with Crippen LogP contribution < -0.4 is 10.6 Å². The maximum absolute atomic E-state index is 4.54. The molecule has 1 fully saturated rings. The van der Waals surface area contributed by atoms with Crippen molar-refractivity contribution in [2.75, 3.05) is 31.5 Å². The van der Waals surface area contributed by atoms with E-state index in [2.05, 4.69) is 55.8 Å². The summed E-state index contributed by atoms with van der Waals surface area (Å²) in [5, 5.41) is 7.14. The molecule has 0 aliphatic carbocycles. The summed E-state index contributed by atoms with van der Waals surface area (Å²) in [5.74, 6) is 1.05. The van der Waals surface area contributed by atoms with Gasteiger partial charge in [0.2, 0.25) is 0 Å². The minimum atomic E-state index is 0.476. The van der Waals surface area contributed by atoms with Crippen molar-refractivity contribution in [3.05, 3.63) is 53.5 Å². The lowest BCUT2D eigenvalue weighted by molar-refractivity contribution is 0.328. The van der Waals surface area contributed by atoms with Crippen molar-refractivity contribution in [2.24, 2.45) is 0 Å². The van der Waals surface area contributed by atoms with Crippen LogP contribution in [0.4, 0.5) is 5.82 Å². The van der Waals surface area contributed by atoms with Crippen LogP contribution in [0.1, 0.15) is 23.2 Å². The Labute approximate surface area is 143 Å². The Hall–Kier alpha value is -1.98. The fourth-order valence-electron chi connectivity index (χ4n) is 3.73. The van der Waals surface area contributed by atoms with Crippen LogP contribution in [-0.2, 0) is 19.4 Å². The Morgan fingerprint density at radius 1 is 1.12 bits per heavy atom. The summed E-state index contributed by atoms with van der Waals surface area (Å²) in [4.78, 5) is 11.5. The first-order valence-corrected chi connectivity index (χ1v) is 8.95. The highest BCUT2D eigenvalue weighted by Crippen LogP contribution is 2.22. The van der Waals surface area contributed by atoms with E-state index < -0.39 is 0 Å². The standard InChI is InChI=1S/C19H25N5/c1-2-4-15(5-3-1)12-24-11-8-16(13-24)23-19-17-6-9-20-10-7-18(17)21-14-22-19/h1-5,14,16,20H,6-13H2,(H,21,22,23)/t16-/m1/s1. The Morgan fingerprint density at radius 2 is 2.00 bits per heavy atom. The van der Waals surface area contributed by atoms with E-state index in [9.17, 15) is 0 Å². The topological polar surface area (TPSA) is 53.1 Å². The molecule has 0 radical (unpaired) electrons. The number of hydrogen-bond acceptors (Lipinski definition) is 5. The van der Waals surface area contributed by atoms with E-state index >= 15 is 0 Å². The van der Waals surface area contributed by atoms with Gasteiger partial charge in [0.1, 0.15) is 12.1 Å². The van der Waals surface area contributed by atoms with Crippen LogP contribution in [-0.4, -0.2) is 47.1 Å². The second-order valence-electron chi connectivity index (χ2n) is 6.75. The first-order valence-electron chi connectivity index (χ1n) is 8.95. The third kappa shape index (κ3) is 3.57. The number of hydrogen-bond donors (Lipinski definition) is 2. The van der Waals surface area contributed by atoms with Crippen LogP contribution in [0.5, 0.6) is 0 Å². The summed E-state index contributed by atoms with van der Waals surface area (Å²) in [6.07, 6.45) is 4.89. The Kier molecular flexibility index (Phi) is 4.71. The molecule has 0 saturated carbocycles. The van der Waals surface area contributed by atoms with Gasteiger partial charge in [0.05, 0.1) is 5.69 Å². The number of likely N-dealkylation sites (tertiary alicyclic amines) is 1. The number of rotatable bonds is 4. The van der Waals surface area contributed by atoms with Crippen LogP contribution in [0.2, 0.25) is 0 Å². The van der Waals surface area contributed by atoms with E-state index in [-0.39, 0.29) is 0 Å². The van der Waals surface area contributed by atoms with Crippen molar-refractivity contribution in [1.29, 1.82) is 0 Å². The molecule has 1 atom stereocenters. The number of aromatic nitrogens is 2. The molecule has 0 unspecified atom stereocenters. The van der Waals surface area contributed by atoms with Crippen molar-refractivity contribution >= 4 is 5.82 Å². The average molecular weight is 323 g/mol. The van der Waals surface area contributed by atoms with Gasteiger partial charge >= 0.3 is 0 Å². The number of benzene rings is 1. The molecule has 2 aromatic rings. The highest BCUT2D eigenvalue weighted by Gasteiger charge is 2.24. The van der Waals surface area contributed by atoms with E-state index in [1.807, 2.05) is 0 Å². The third-order valence-corrected chi connectivity index (χ3v) is 4.99. The van der Waals surface area contributed by atoms with Crippen molar-refractivity contribution in [1.82, 2.24) is 20.2 Å². The summed E-state index contributed by atoms with van der Waals surface area (Å²) in [7, 11) is 0. The highest BCUT2D eigenvalue weighted by atomic mass is 15.2. The van der Waals surface area contributed by atoms with Gasteiger partial charge in [-0.05, 0) is 24.9 Å². The van der Waals surface area contributed by atoms with Crippen molar-refractivity contribution in [2.45, 2.75) is 31.8 Å². The third-order valence-electron chi connectivity index (χ3n) is 4.99. The SMILES string of the molecule is c1ccc(CN2CC[C@@H](Nc3ncnc4c3CCNCC4)C2)cc1. The molecule has 5 nitrogen and oxygen atoms in total. The predicted molar refractivity (Wildman–Crippen MR) is 96.1 cm³/mol. The lowest BCUT2D eigenvalue weighted by Crippen LogP contribution is -2.27. The Bertz CT molecular complexity index is 673. The van der Waals surface area contributed by atoms with Gasteiger partial charge in [-0.25, -0.2) is 9.97 Å². The van der Waals surface area contributed by atoms with Gasteiger partial charge in [-0.3, -0.25) is 4.90 Å². The molecule has 5 heteroatoms. The molecule has 126 valence electrons. The van der Waals surface area contributed by atoms with E-state index in [1.54, 1.807) is 6.33 Å². The summed E-state index contributed by atoms with van der Waals surface area (Å²) >= 11 is 0. The van der Waals surface area contributed by atoms with Gasteiger partial charge in [-0.2, -0.15) is 0 Å². The lowest BCUT2D eigenvalue weighted by atomic mass is 10.1. The van der Waals surface area contributed by atoms with Gasteiger partial charge in [0.25, 0.3) is 0 Å². The molecule has 1 saturated heterocycles. The first-order chi connectivity index (χ1) is 11.9. The van der Waals surface area contributed by atoms with Crippen molar-refractivity contribution in [3.8, 4) is 0 Å². The largest absolute Gasteiger partial charge is 0.366 e. The molecule has 2 aliphatic heterocycles. The van der Waals surface area contributed by atoms with Crippen LogP contribution in [0.25, 0.3) is 0 Å². The molecule has 3 heterocycles. The van der Waals surface area contributed by atoms with Crippen LogP contribution in [0.3, 0.4) is 0 Å². The Morgan fingerprint density at radius 3 is 2.92 bits per heavy atom. The molecule has 1 aromatic carbocycles. The lowest BCUT2D eigenvalue weighted by Gasteiger charge is -2.19. The predicted octanol–water partition coefficient (Wildman–Crippen LogP) is 1.85. The highest BCUT2D eigenvalue weighted by molar-refractivity contribution is 5.47. The van der Waals surface area contributed by atoms with Crippen LogP contribution in [0.15, 0.2) is 36.7 Å². The fourth-order valence-corrected chi connectivity index (χ4v) is 3.73. The summed E-state index contributed by atoms with van der Waals surface area (Å²) < 4.78 is 0. The zero-order chi connectivity index (χ0) is 16.2. The van der Waals surface area contributed by atoms with E-state index in [0.717, 1.165) is 51.4 Å². The van der Waals surface area contributed by atoms with Crippen molar-refractivity contribution < 1.29 is 0 Å². The van der Waals surface area contributed by atoms with Gasteiger partial charge in [-0.15, -0.1) is 0 Å². The number of anilines is 1. The van der Waals surface area contributed by atoms with Crippen molar-refractivity contribution in [3.63, 3.8) is 0 Å². The van der Waals surface area contributed by atoms with E-state index in [1.165, 1.54) is 23.2 Å². The van der Waals surface area contributed by atoms with Crippen LogP contribution in [0, 0.1) is 0 Å². The van der Waals surface area contributed by atoms with E-state index in [4.69, 9.17) is 0 Å². The second-order valence-corrected chi connectivity index (χ2v) is 6.75. The second kappa shape index (κ2) is 7.28. The van der Waals surface area contributed by atoms with Gasteiger partial charge < -0.3 is 10.6 Å². The average Bonchev–Trinajstić information content (AvgIpc) is 2.90. The maximum atomic E-state index is 4.54. The molecule has 4 rings (SSSR count). The zero-order valence-electron chi connectivity index (χ0n) is 14.0.